The third-order valence-corrected chi connectivity index (χ3v) is 16.0. The summed E-state index contributed by atoms with van der Waals surface area (Å²) < 4.78 is 79.2. The van der Waals surface area contributed by atoms with Crippen molar-refractivity contribution < 1.29 is 35.6 Å². The Kier molecular flexibility index (Phi) is 19.1. The first-order chi connectivity index (χ1) is 34.8. The van der Waals surface area contributed by atoms with Gasteiger partial charge in [-0.15, -0.1) is 0 Å². The second kappa shape index (κ2) is 24.6. The Morgan fingerprint density at radius 1 is 0.568 bits per heavy atom. The molecule has 6 aromatic carbocycles. The monoisotopic (exact) mass is 1060 g/mol. The fraction of sp³-hybridized carbons (Fsp3) is 0.356. The molecule has 394 valence electrons. The van der Waals surface area contributed by atoms with Crippen molar-refractivity contribution in [3.8, 4) is 28.0 Å². The number of rotatable bonds is 22. The van der Waals surface area contributed by atoms with Crippen molar-refractivity contribution in [2.45, 2.75) is 115 Å². The smallest absolute Gasteiger partial charge is 0.264 e. The summed E-state index contributed by atoms with van der Waals surface area (Å²) in [6.07, 6.45) is -0.258. The van der Waals surface area contributed by atoms with Crippen molar-refractivity contribution in [3.05, 3.63) is 171 Å². The van der Waals surface area contributed by atoms with Crippen LogP contribution in [0.5, 0.6) is 5.75 Å². The van der Waals surface area contributed by atoms with Crippen molar-refractivity contribution in [1.82, 2.24) is 19.2 Å². The maximum Gasteiger partial charge on any atom is 0.264 e. The van der Waals surface area contributed by atoms with Gasteiger partial charge in [-0.1, -0.05) is 140 Å². The molecule has 0 saturated carbocycles. The van der Waals surface area contributed by atoms with Gasteiger partial charge in [-0.25, -0.2) is 30.7 Å². The van der Waals surface area contributed by atoms with Crippen LogP contribution in [0.2, 0.25) is 5.02 Å². The average Bonchev–Trinajstić information content (AvgIpc) is 3.32. The fourth-order valence-electron chi connectivity index (χ4n) is 9.16. The largest absolute Gasteiger partial charge is 0.492 e. The Bertz CT molecular complexity index is 3140. The predicted octanol–water partition coefficient (Wildman–Crippen LogP) is 12.0. The van der Waals surface area contributed by atoms with Crippen LogP contribution in [-0.4, -0.2) is 72.7 Å². The molecule has 0 aliphatic rings. The van der Waals surface area contributed by atoms with Gasteiger partial charge in [0.1, 0.15) is 18.2 Å². The lowest BCUT2D eigenvalue weighted by atomic mass is 9.84. The molecule has 2 N–H and O–H groups in total. The minimum atomic E-state index is -4.19. The number of amides is 2. The van der Waals surface area contributed by atoms with Crippen molar-refractivity contribution in [1.29, 1.82) is 0 Å². The van der Waals surface area contributed by atoms with Gasteiger partial charge in [0.15, 0.2) is 0 Å². The maximum atomic E-state index is 14.4. The molecule has 15 heteroatoms. The van der Waals surface area contributed by atoms with Crippen LogP contribution in [0.15, 0.2) is 125 Å². The van der Waals surface area contributed by atoms with Crippen molar-refractivity contribution in [2.75, 3.05) is 34.3 Å². The lowest BCUT2D eigenvalue weighted by Crippen LogP contribution is -2.32. The number of hydrogen-bond acceptors (Lipinski definition) is 9. The highest BCUT2D eigenvalue weighted by Gasteiger charge is 2.26. The first kappa shape index (κ1) is 57.4. The first-order valence-corrected chi connectivity index (χ1v) is 28.3. The lowest BCUT2D eigenvalue weighted by molar-refractivity contribution is -0.119. The van der Waals surface area contributed by atoms with Gasteiger partial charge in [-0.05, 0) is 148 Å². The zero-order valence-electron chi connectivity index (χ0n) is 44.3. The highest BCUT2D eigenvalue weighted by atomic mass is 35.5. The molecule has 0 unspecified atom stereocenters. The van der Waals surface area contributed by atoms with E-state index in [4.69, 9.17) is 16.3 Å². The van der Waals surface area contributed by atoms with E-state index in [-0.39, 0.29) is 51.3 Å². The number of sulfonamides is 2. The van der Waals surface area contributed by atoms with E-state index < -0.39 is 37.7 Å². The number of halogens is 2. The fourth-order valence-corrected chi connectivity index (χ4v) is 11.2. The Hall–Kier alpha value is -5.90. The van der Waals surface area contributed by atoms with E-state index in [0.717, 1.165) is 61.2 Å². The van der Waals surface area contributed by atoms with E-state index >= 15 is 0 Å². The van der Waals surface area contributed by atoms with Crippen molar-refractivity contribution in [2.24, 2.45) is 0 Å². The molecule has 11 nitrogen and oxygen atoms in total. The molecule has 0 bridgehead atoms. The number of hydrogen-bond donors (Lipinski definition) is 2. The van der Waals surface area contributed by atoms with E-state index in [0.29, 0.717) is 37.6 Å². The number of ether oxygens (including phenoxy) is 1. The summed E-state index contributed by atoms with van der Waals surface area (Å²) in [5.41, 5.74) is 10.3. The zero-order chi connectivity index (χ0) is 54.2. The maximum absolute atomic E-state index is 14.4. The number of nitrogens with one attached hydrogen (secondary N) is 2. The minimum absolute atomic E-state index is 0.00674. The summed E-state index contributed by atoms with van der Waals surface area (Å²) in [6, 6.07) is 33.4. The predicted molar refractivity (Wildman–Crippen MR) is 295 cm³/mol. The molecule has 0 atom stereocenters. The molecule has 74 heavy (non-hydrogen) atoms. The number of para-hydroxylation sites is 1. The zero-order valence-corrected chi connectivity index (χ0v) is 46.7. The van der Waals surface area contributed by atoms with Gasteiger partial charge in [0.25, 0.3) is 20.0 Å². The second-order valence-corrected chi connectivity index (χ2v) is 24.3. The molecule has 0 heterocycles. The lowest BCUT2D eigenvalue weighted by Gasteiger charge is -2.23. The number of benzene rings is 6. The molecule has 0 radical (unpaired) electrons. The van der Waals surface area contributed by atoms with Gasteiger partial charge >= 0.3 is 0 Å². The molecule has 0 aliphatic heterocycles. The molecule has 0 spiro atoms. The van der Waals surface area contributed by atoms with Gasteiger partial charge in [0.2, 0.25) is 11.8 Å². The Labute approximate surface area is 443 Å². The number of carbonyl (C=O) groups excluding carboxylic acids is 2. The summed E-state index contributed by atoms with van der Waals surface area (Å²) >= 11 is 5.96. The van der Waals surface area contributed by atoms with Crippen LogP contribution in [0.1, 0.15) is 124 Å². The average molecular weight is 1070 g/mol. The van der Waals surface area contributed by atoms with Crippen molar-refractivity contribution >= 4 is 43.5 Å². The van der Waals surface area contributed by atoms with E-state index in [9.17, 15) is 30.8 Å². The van der Waals surface area contributed by atoms with Crippen LogP contribution in [0.25, 0.3) is 22.3 Å². The molecular weight excluding hydrogens is 995 g/mol. The van der Waals surface area contributed by atoms with Crippen molar-refractivity contribution in [3.63, 3.8) is 0 Å². The van der Waals surface area contributed by atoms with Crippen LogP contribution < -0.4 is 14.2 Å². The molecule has 6 rings (SSSR count). The van der Waals surface area contributed by atoms with Gasteiger partial charge in [-0.3, -0.25) is 14.5 Å². The topological polar surface area (TPSA) is 142 Å². The highest BCUT2D eigenvalue weighted by Crippen LogP contribution is 2.38. The number of nitrogens with zero attached hydrogens (tertiary/aromatic N) is 2. The highest BCUT2D eigenvalue weighted by molar-refractivity contribution is 7.90. The molecular formula is C59H70ClFN4O7S2. The van der Waals surface area contributed by atoms with Crippen LogP contribution in [-0.2, 0) is 55.6 Å². The molecule has 0 aromatic heterocycles. The summed E-state index contributed by atoms with van der Waals surface area (Å²) in [7, 11) is -2.47. The number of likely N-dealkylation sites (N-methyl/N-ethyl adjacent to an activating group) is 1. The number of carbonyl (C=O) groups is 2. The Balaban J connectivity index is 1.09. The van der Waals surface area contributed by atoms with Crippen LogP contribution in [0.3, 0.4) is 0 Å². The summed E-state index contributed by atoms with van der Waals surface area (Å²) in [5, 5.41) is 0.0298. The summed E-state index contributed by atoms with van der Waals surface area (Å²) in [4.78, 5) is 31.1. The quantitative estimate of drug-likeness (QED) is 0.0679. The SMILES string of the molecule is CC(C)c1cc(-c2ccc(Cl)c(F)c2)cc(C(C)C)c1CC(=O)NS(=O)(=O)c1ccc(CN(C)CCOc2ccccc2-c2cc(C(C)C)c(CC(=O)NS(=O)(=O)c3ccc(CN(C)C)cc3)c(C(C)C)c2)cc1. The van der Waals surface area contributed by atoms with E-state index in [2.05, 4.69) is 54.2 Å². The van der Waals surface area contributed by atoms with Gasteiger partial charge in [0, 0.05) is 25.2 Å². The first-order valence-electron chi connectivity index (χ1n) is 25.0. The van der Waals surface area contributed by atoms with Gasteiger partial charge in [0.05, 0.1) is 27.7 Å². The third-order valence-electron chi connectivity index (χ3n) is 12.9. The van der Waals surface area contributed by atoms with E-state index in [1.54, 1.807) is 30.3 Å². The third kappa shape index (κ3) is 14.7. The van der Waals surface area contributed by atoms with E-state index in [1.807, 2.05) is 90.1 Å². The second-order valence-electron chi connectivity index (χ2n) is 20.5. The van der Waals surface area contributed by atoms with Gasteiger partial charge in [-0.2, -0.15) is 0 Å². The van der Waals surface area contributed by atoms with E-state index in [1.165, 1.54) is 36.4 Å². The molecule has 0 fully saturated rings. The van der Waals surface area contributed by atoms with Crippen LogP contribution in [0, 0.1) is 5.82 Å². The van der Waals surface area contributed by atoms with Crippen LogP contribution in [0.4, 0.5) is 4.39 Å². The van der Waals surface area contributed by atoms with Gasteiger partial charge < -0.3 is 9.64 Å². The molecule has 0 aliphatic carbocycles. The molecule has 2 amide bonds. The molecule has 0 saturated heterocycles. The summed E-state index contributed by atoms with van der Waals surface area (Å²) in [6.45, 7) is 18.3. The Morgan fingerprint density at radius 2 is 1.00 bits per heavy atom. The Morgan fingerprint density at radius 3 is 1.43 bits per heavy atom. The standard InChI is InChI=1S/C59H70ClFN4O7S2/c1-37(2)49-28-44(43-20-25-55(60)56(61)32-43)29-50(38(3)4)53(49)33-58(66)62-74(70,71)47-23-18-42(19-24-47)36-65(11)26-27-72-57-15-13-12-14-48(57)45-30-51(39(5)6)54(52(31-45)40(7)8)34-59(67)63-73(68,69)46-21-16-41(17-22-46)35-64(9)10/h12-25,28-32,37-40H,26-27,33-36H2,1-11H3,(H,62,66)(H,63,67). The normalized spacial score (nSPS) is 12.1. The molecule has 6 aromatic rings. The van der Waals surface area contributed by atoms with Crippen LogP contribution >= 0.6 is 11.6 Å². The summed E-state index contributed by atoms with van der Waals surface area (Å²) in [5.74, 6) is -1.08. The minimum Gasteiger partial charge on any atom is -0.492 e.